The monoisotopic (exact) mass is 734 g/mol. The van der Waals surface area contributed by atoms with Crippen LogP contribution in [0.4, 0.5) is 9.59 Å². The molecule has 0 aromatic heterocycles. The first-order valence-corrected chi connectivity index (χ1v) is 18.6. The van der Waals surface area contributed by atoms with Crippen molar-refractivity contribution in [2.24, 2.45) is 35.5 Å². The van der Waals surface area contributed by atoms with Gasteiger partial charge in [0.25, 0.3) is 0 Å². The summed E-state index contributed by atoms with van der Waals surface area (Å²) in [7, 11) is 0. The number of amides is 2. The summed E-state index contributed by atoms with van der Waals surface area (Å²) in [4.78, 5) is 81.6. The van der Waals surface area contributed by atoms with Crippen LogP contribution in [0.25, 0.3) is 21.9 Å². The number of carbonyl (C=O) groups excluding carboxylic acids is 6. The SMILES string of the molecule is CC(C)(C)OC(=O)N1[C@H](C(=O)OCC(=O)c2ccc(-c3cccc4c(C(=O)COC(=O)[C@@H]5C6C7[C@H]6[C@@H]7N5C(=O)OC(C)(C)C)cccc34)cc2)C2C3[C@H]2[C@@H]31. The highest BCUT2D eigenvalue weighted by molar-refractivity contribution is 6.12. The maximum Gasteiger partial charge on any atom is 0.411 e. The Morgan fingerprint density at radius 3 is 1.52 bits per heavy atom. The molecule has 4 aliphatic carbocycles. The highest BCUT2D eigenvalue weighted by atomic mass is 16.6. The van der Waals surface area contributed by atoms with E-state index in [2.05, 4.69) is 0 Å². The first kappa shape index (κ1) is 34.5. The van der Waals surface area contributed by atoms with E-state index in [1.807, 2.05) is 24.3 Å². The van der Waals surface area contributed by atoms with Crippen LogP contribution < -0.4 is 0 Å². The number of esters is 2. The Kier molecular flexibility index (Phi) is 7.42. The molecule has 2 amide bonds. The zero-order valence-corrected chi connectivity index (χ0v) is 30.9. The van der Waals surface area contributed by atoms with Crippen LogP contribution in [0.5, 0.6) is 0 Å². The lowest BCUT2D eigenvalue weighted by atomic mass is 9.94. The number of piperidine rings is 2. The first-order valence-electron chi connectivity index (χ1n) is 18.6. The Labute approximate surface area is 312 Å². The maximum absolute atomic E-state index is 13.5. The van der Waals surface area contributed by atoms with Gasteiger partial charge in [-0.15, -0.1) is 0 Å². The number of ketones is 2. The topological polar surface area (TPSA) is 146 Å². The van der Waals surface area contributed by atoms with Crippen molar-refractivity contribution in [3.8, 4) is 11.1 Å². The fraction of sp³-hybridized carbons (Fsp3) is 0.476. The number of nitrogens with zero attached hydrogens (tertiary/aromatic N) is 2. The van der Waals surface area contributed by atoms with Crippen molar-refractivity contribution in [2.75, 3.05) is 13.2 Å². The van der Waals surface area contributed by atoms with E-state index in [9.17, 15) is 28.8 Å². The first-order chi connectivity index (χ1) is 25.6. The number of rotatable bonds is 9. The van der Waals surface area contributed by atoms with Crippen LogP contribution >= 0.6 is 0 Å². The second-order valence-electron chi connectivity index (χ2n) is 17.5. The van der Waals surface area contributed by atoms with Crippen LogP contribution in [0.3, 0.4) is 0 Å². The Bertz CT molecular complexity index is 2150. The lowest BCUT2D eigenvalue weighted by molar-refractivity contribution is -0.148. The molecule has 12 nitrogen and oxygen atoms in total. The van der Waals surface area contributed by atoms with Crippen molar-refractivity contribution >= 4 is 46.5 Å². The van der Waals surface area contributed by atoms with Crippen molar-refractivity contribution in [1.82, 2.24) is 9.80 Å². The molecule has 4 saturated carbocycles. The summed E-state index contributed by atoms with van der Waals surface area (Å²) < 4.78 is 22.1. The molecule has 11 rings (SSSR count). The van der Waals surface area contributed by atoms with Crippen LogP contribution in [0.15, 0.2) is 60.7 Å². The standard InChI is InChI=1S/C42H42N2O10/c1-41(2,3)53-39(49)43-33-27-28(33)31(27)35(43)37(47)51-17-25(45)20-15-13-19(14-16-20)21-9-7-11-23-22(21)10-8-12-24(23)26(46)18-52-38(48)36-32-29-30(32)34(29)44(36)40(50)54-42(4,5)6/h7-16,27-36H,17-18H2,1-6H3/t27-,28?,29-,30?,31?,32?,33+,34+,35+,36+/m1/s1. The number of carbonyl (C=O) groups is 6. The molecule has 0 radical (unpaired) electrons. The van der Waals surface area contributed by atoms with Crippen LogP contribution in [-0.4, -0.2) is 94.1 Å². The highest BCUT2D eigenvalue weighted by Crippen LogP contribution is 2.79. The summed E-state index contributed by atoms with van der Waals surface area (Å²) in [5.74, 6) is -0.476. The molecule has 0 N–H and O–H groups in total. The summed E-state index contributed by atoms with van der Waals surface area (Å²) in [6.07, 6.45) is -1.05. The lowest BCUT2D eigenvalue weighted by Gasteiger charge is -2.27. The Balaban J connectivity index is 0.834. The lowest BCUT2D eigenvalue weighted by Crippen LogP contribution is -2.44. The normalized spacial score (nSPS) is 30.2. The Hall–Kier alpha value is -5.26. The van der Waals surface area contributed by atoms with Crippen molar-refractivity contribution in [1.29, 1.82) is 0 Å². The van der Waals surface area contributed by atoms with E-state index >= 15 is 0 Å². The molecule has 12 heteroatoms. The van der Waals surface area contributed by atoms with Crippen LogP contribution in [0.2, 0.25) is 0 Å². The molecule has 54 heavy (non-hydrogen) atoms. The van der Waals surface area contributed by atoms with E-state index in [1.54, 1.807) is 77.9 Å². The number of ether oxygens (including phenoxy) is 4. The van der Waals surface area contributed by atoms with Crippen molar-refractivity contribution in [2.45, 2.75) is 76.9 Å². The van der Waals surface area contributed by atoms with Crippen LogP contribution in [0, 0.1) is 35.5 Å². The highest BCUT2D eigenvalue weighted by Gasteiger charge is 2.88. The van der Waals surface area contributed by atoms with Gasteiger partial charge < -0.3 is 18.9 Å². The van der Waals surface area contributed by atoms with E-state index in [0.717, 1.165) is 16.5 Å². The molecule has 4 heterocycles. The van der Waals surface area contributed by atoms with Gasteiger partial charge in [0.15, 0.2) is 19.0 Å². The second-order valence-corrected chi connectivity index (χ2v) is 17.5. The van der Waals surface area contributed by atoms with E-state index in [-0.39, 0.29) is 35.5 Å². The van der Waals surface area contributed by atoms with E-state index < -0.39 is 60.6 Å². The smallest absolute Gasteiger partial charge is 0.411 e. The number of Topliss-reactive ketones (excluding diaryl/α,β-unsaturated/α-hetero) is 2. The second kappa shape index (κ2) is 11.6. The van der Waals surface area contributed by atoms with E-state index in [4.69, 9.17) is 18.9 Å². The Morgan fingerprint density at radius 2 is 1.02 bits per heavy atom. The molecule has 10 atom stereocenters. The minimum Gasteiger partial charge on any atom is -0.456 e. The summed E-state index contributed by atoms with van der Waals surface area (Å²) in [6.45, 7) is 9.76. The molecule has 0 spiro atoms. The Morgan fingerprint density at radius 1 is 0.556 bits per heavy atom. The largest absolute Gasteiger partial charge is 0.456 e. The molecule has 8 fully saturated rings. The van der Waals surface area contributed by atoms with Gasteiger partial charge in [-0.25, -0.2) is 19.2 Å². The molecule has 3 aromatic carbocycles. The minimum absolute atomic E-state index is 0.0192. The number of hydrogen-bond donors (Lipinski definition) is 0. The van der Waals surface area contributed by atoms with Crippen molar-refractivity contribution in [3.05, 3.63) is 71.8 Å². The van der Waals surface area contributed by atoms with Gasteiger partial charge in [-0.2, -0.15) is 0 Å². The van der Waals surface area contributed by atoms with Gasteiger partial charge in [0.05, 0.1) is 0 Å². The van der Waals surface area contributed by atoms with Gasteiger partial charge in [0, 0.05) is 35.0 Å². The van der Waals surface area contributed by atoms with Crippen molar-refractivity contribution < 1.29 is 47.7 Å². The fourth-order valence-electron chi connectivity index (χ4n) is 9.29. The van der Waals surface area contributed by atoms with Crippen LogP contribution in [0.1, 0.15) is 62.3 Å². The number of benzene rings is 3. The number of hydrogen-bond acceptors (Lipinski definition) is 10. The third kappa shape index (κ3) is 5.55. The molecule has 4 aliphatic heterocycles. The third-order valence-electron chi connectivity index (χ3n) is 11.8. The maximum atomic E-state index is 13.5. The minimum atomic E-state index is -0.734. The van der Waals surface area contributed by atoms with E-state index in [1.165, 1.54) is 9.80 Å². The summed E-state index contributed by atoms with van der Waals surface area (Å²) in [5, 5.41) is 1.48. The third-order valence-corrected chi connectivity index (χ3v) is 11.8. The van der Waals surface area contributed by atoms with Gasteiger partial charge in [-0.1, -0.05) is 60.7 Å². The summed E-state index contributed by atoms with van der Waals surface area (Å²) >= 11 is 0. The molecule has 4 saturated heterocycles. The average molecular weight is 735 g/mol. The van der Waals surface area contributed by atoms with Gasteiger partial charge >= 0.3 is 24.1 Å². The van der Waals surface area contributed by atoms with Crippen molar-refractivity contribution in [3.63, 3.8) is 0 Å². The quantitative estimate of drug-likeness (QED) is 0.153. The molecular weight excluding hydrogens is 692 g/mol. The summed E-state index contributed by atoms with van der Waals surface area (Å²) in [6, 6.07) is 16.5. The molecule has 280 valence electrons. The van der Waals surface area contributed by atoms with Gasteiger partial charge in [0.1, 0.15) is 23.3 Å². The molecule has 4 bridgehead atoms. The van der Waals surface area contributed by atoms with Gasteiger partial charge in [0.2, 0.25) is 5.78 Å². The summed E-state index contributed by atoms with van der Waals surface area (Å²) in [5.41, 5.74) is 1.00. The van der Waals surface area contributed by atoms with Gasteiger partial charge in [-0.3, -0.25) is 19.4 Å². The predicted molar refractivity (Wildman–Crippen MR) is 192 cm³/mol. The van der Waals surface area contributed by atoms with Crippen LogP contribution in [-0.2, 0) is 28.5 Å². The average Bonchev–Trinajstić information content (AvgIpc) is 4.09. The molecule has 4 unspecified atom stereocenters. The zero-order chi connectivity index (χ0) is 38.2. The fourth-order valence-corrected chi connectivity index (χ4v) is 9.29. The molecular formula is C42H42N2O10. The number of fused-ring (bicyclic) bond motifs is 3. The van der Waals surface area contributed by atoms with E-state index in [0.29, 0.717) is 40.2 Å². The zero-order valence-electron chi connectivity index (χ0n) is 30.9. The predicted octanol–water partition coefficient (Wildman–Crippen LogP) is 5.69. The molecule has 8 aliphatic rings. The molecule has 3 aromatic rings. The van der Waals surface area contributed by atoms with Gasteiger partial charge in [-0.05, 0) is 87.1 Å².